The number of para-hydroxylation sites is 1. The predicted octanol–water partition coefficient (Wildman–Crippen LogP) is 2.18. The first kappa shape index (κ1) is 28.9. The number of nitrogens with zero attached hydrogens (tertiary/aromatic N) is 1. The molecule has 0 fully saturated rings. The summed E-state index contributed by atoms with van der Waals surface area (Å²) < 4.78 is 4.72. The van der Waals surface area contributed by atoms with Gasteiger partial charge in [0.15, 0.2) is 0 Å². The Bertz CT molecular complexity index is 908. The Morgan fingerprint density at radius 3 is 2.54 bits per heavy atom. The van der Waals surface area contributed by atoms with E-state index in [4.69, 9.17) is 22.1 Å². The summed E-state index contributed by atoms with van der Waals surface area (Å²) in [6.45, 7) is 7.63. The molecule has 35 heavy (non-hydrogen) atoms. The number of nitrogens with two attached hydrogens (primary N) is 1. The van der Waals surface area contributed by atoms with Gasteiger partial charge in [0.25, 0.3) is 0 Å². The number of hydrogen-bond donors (Lipinski definition) is 4. The molecule has 0 saturated carbocycles. The largest absolute Gasteiger partial charge is 0.453 e. The van der Waals surface area contributed by atoms with Crippen molar-refractivity contribution in [3.63, 3.8) is 0 Å². The van der Waals surface area contributed by atoms with Gasteiger partial charge in [-0.3, -0.25) is 9.59 Å². The van der Waals surface area contributed by atoms with Crippen LogP contribution >= 0.6 is 11.6 Å². The number of hydrogen-bond acceptors (Lipinski definition) is 6. The SMILES string of the molecule is COC(=O)NC1Cc2ccccc2N(C(=O)CC(C)(C)C[C@H](N)[C@@H](O)CNC(=O)C(C)(C)CCl)C1. The second-order valence-corrected chi connectivity index (χ2v) is 10.9. The Morgan fingerprint density at radius 2 is 1.91 bits per heavy atom. The van der Waals surface area contributed by atoms with Crippen molar-refractivity contribution in [2.75, 3.05) is 31.0 Å². The minimum absolute atomic E-state index is 0.00469. The molecule has 0 radical (unpaired) electrons. The highest BCUT2D eigenvalue weighted by atomic mass is 35.5. The van der Waals surface area contributed by atoms with E-state index in [9.17, 15) is 19.5 Å². The van der Waals surface area contributed by atoms with Crippen molar-refractivity contribution in [3.8, 4) is 0 Å². The number of aliphatic hydroxyl groups excluding tert-OH is 1. The van der Waals surface area contributed by atoms with Gasteiger partial charge in [-0.25, -0.2) is 4.79 Å². The number of aliphatic hydroxyl groups is 1. The predicted molar refractivity (Wildman–Crippen MR) is 136 cm³/mol. The van der Waals surface area contributed by atoms with Crippen molar-refractivity contribution in [3.05, 3.63) is 29.8 Å². The summed E-state index contributed by atoms with van der Waals surface area (Å²) in [5.41, 5.74) is 6.76. The van der Waals surface area contributed by atoms with E-state index in [-0.39, 0.29) is 36.7 Å². The minimum Gasteiger partial charge on any atom is -0.453 e. The number of anilines is 1. The molecule has 0 bridgehead atoms. The molecule has 2 rings (SSSR count). The maximum atomic E-state index is 13.4. The molecule has 1 heterocycles. The first-order valence-electron chi connectivity index (χ1n) is 11.8. The van der Waals surface area contributed by atoms with Gasteiger partial charge in [0, 0.05) is 37.1 Å². The highest BCUT2D eigenvalue weighted by Gasteiger charge is 2.34. The molecule has 0 spiro atoms. The van der Waals surface area contributed by atoms with Gasteiger partial charge in [0.2, 0.25) is 11.8 Å². The molecule has 0 saturated heterocycles. The van der Waals surface area contributed by atoms with Crippen LogP contribution < -0.4 is 21.3 Å². The number of rotatable bonds is 10. The highest BCUT2D eigenvalue weighted by molar-refractivity contribution is 6.19. The van der Waals surface area contributed by atoms with Crippen LogP contribution in [0.2, 0.25) is 0 Å². The summed E-state index contributed by atoms with van der Waals surface area (Å²) in [6, 6.07) is 6.71. The normalized spacial score (nSPS) is 17.7. The second-order valence-electron chi connectivity index (χ2n) is 10.7. The van der Waals surface area contributed by atoms with Crippen LogP contribution in [-0.2, 0) is 20.7 Å². The zero-order chi connectivity index (χ0) is 26.4. The van der Waals surface area contributed by atoms with E-state index >= 15 is 0 Å². The molecule has 9 nitrogen and oxygen atoms in total. The Labute approximate surface area is 212 Å². The second kappa shape index (κ2) is 12.1. The lowest BCUT2D eigenvalue weighted by Gasteiger charge is -2.37. The number of alkyl halides is 1. The molecular weight excluding hydrogens is 472 g/mol. The molecule has 1 aliphatic rings. The lowest BCUT2D eigenvalue weighted by molar-refractivity contribution is -0.128. The molecule has 5 N–H and O–H groups in total. The van der Waals surface area contributed by atoms with Gasteiger partial charge in [0.1, 0.15) is 0 Å². The molecule has 1 unspecified atom stereocenters. The van der Waals surface area contributed by atoms with Crippen molar-refractivity contribution in [2.24, 2.45) is 16.6 Å². The number of carbonyl (C=O) groups is 3. The molecule has 1 aromatic rings. The molecule has 196 valence electrons. The Hall–Kier alpha value is -2.36. The van der Waals surface area contributed by atoms with Crippen molar-refractivity contribution in [1.29, 1.82) is 0 Å². The zero-order valence-corrected chi connectivity index (χ0v) is 22.0. The summed E-state index contributed by atoms with van der Waals surface area (Å²) >= 11 is 5.83. The molecule has 0 aliphatic carbocycles. The van der Waals surface area contributed by atoms with Crippen molar-refractivity contribution in [1.82, 2.24) is 10.6 Å². The smallest absolute Gasteiger partial charge is 0.407 e. The fraction of sp³-hybridized carbons (Fsp3) is 0.640. The molecule has 1 aliphatic heterocycles. The van der Waals surface area contributed by atoms with Crippen LogP contribution in [0.3, 0.4) is 0 Å². The lowest BCUT2D eigenvalue weighted by Crippen LogP contribution is -2.51. The van der Waals surface area contributed by atoms with Crippen LogP contribution in [0.25, 0.3) is 0 Å². The van der Waals surface area contributed by atoms with E-state index in [1.807, 2.05) is 38.1 Å². The monoisotopic (exact) mass is 510 g/mol. The number of methoxy groups -OCH3 is 1. The maximum absolute atomic E-state index is 13.4. The van der Waals surface area contributed by atoms with E-state index in [1.54, 1.807) is 18.7 Å². The quantitative estimate of drug-likeness (QED) is 0.356. The lowest BCUT2D eigenvalue weighted by atomic mass is 9.80. The third-order valence-corrected chi connectivity index (χ3v) is 6.96. The first-order valence-corrected chi connectivity index (χ1v) is 12.3. The summed E-state index contributed by atoms with van der Waals surface area (Å²) in [4.78, 5) is 39.0. The fourth-order valence-electron chi connectivity index (χ4n) is 4.15. The van der Waals surface area contributed by atoms with Crippen LogP contribution in [0.15, 0.2) is 24.3 Å². The van der Waals surface area contributed by atoms with Crippen LogP contribution in [0.4, 0.5) is 10.5 Å². The van der Waals surface area contributed by atoms with E-state index < -0.39 is 29.1 Å². The third-order valence-electron chi connectivity index (χ3n) is 6.29. The number of benzene rings is 1. The van der Waals surface area contributed by atoms with Gasteiger partial charge in [-0.15, -0.1) is 11.6 Å². The number of ether oxygens (including phenoxy) is 1. The number of halogens is 1. The Kier molecular flexibility index (Phi) is 9.94. The van der Waals surface area contributed by atoms with E-state index in [1.165, 1.54) is 7.11 Å². The minimum atomic E-state index is -0.969. The van der Waals surface area contributed by atoms with Crippen LogP contribution in [0.5, 0.6) is 0 Å². The molecular formula is C25H39ClN4O5. The fourth-order valence-corrected chi connectivity index (χ4v) is 4.27. The highest BCUT2D eigenvalue weighted by Crippen LogP contribution is 2.32. The summed E-state index contributed by atoms with van der Waals surface area (Å²) in [5.74, 6) is -0.198. The van der Waals surface area contributed by atoms with Crippen molar-refractivity contribution in [2.45, 2.75) is 65.1 Å². The van der Waals surface area contributed by atoms with Gasteiger partial charge < -0.3 is 31.1 Å². The maximum Gasteiger partial charge on any atom is 0.407 e. The summed E-state index contributed by atoms with van der Waals surface area (Å²) in [6.07, 6.45) is -0.346. The number of fused-ring (bicyclic) bond motifs is 1. The van der Waals surface area contributed by atoms with Crippen LogP contribution in [0, 0.1) is 10.8 Å². The molecule has 3 atom stereocenters. The van der Waals surface area contributed by atoms with Crippen LogP contribution in [-0.4, -0.2) is 67.3 Å². The van der Waals surface area contributed by atoms with E-state index in [0.29, 0.717) is 19.4 Å². The van der Waals surface area contributed by atoms with Gasteiger partial charge in [-0.05, 0) is 43.7 Å². The van der Waals surface area contributed by atoms with E-state index in [0.717, 1.165) is 11.3 Å². The van der Waals surface area contributed by atoms with Gasteiger partial charge >= 0.3 is 6.09 Å². The standard InChI is InChI=1S/C25H39ClN4O5/c1-24(2,11-18(27)20(31)13-28-22(33)25(3,4)15-26)12-21(32)30-14-17(29-23(34)35-5)10-16-8-6-7-9-19(16)30/h6-9,17-18,20,31H,10-15,27H2,1-5H3,(H,28,33)(H,29,34)/t17?,18-,20-/m0/s1. The third kappa shape index (κ3) is 8.08. The van der Waals surface area contributed by atoms with Crippen LogP contribution in [0.1, 0.15) is 46.1 Å². The average Bonchev–Trinajstić information content (AvgIpc) is 2.80. The molecule has 0 aromatic heterocycles. The molecule has 1 aromatic carbocycles. The van der Waals surface area contributed by atoms with Gasteiger partial charge in [-0.2, -0.15) is 0 Å². The average molecular weight is 511 g/mol. The Morgan fingerprint density at radius 1 is 1.26 bits per heavy atom. The van der Waals surface area contributed by atoms with Gasteiger partial charge in [-0.1, -0.05) is 32.0 Å². The molecule has 3 amide bonds. The van der Waals surface area contributed by atoms with Crippen molar-refractivity contribution < 1.29 is 24.2 Å². The number of alkyl carbamates (subject to hydrolysis) is 1. The van der Waals surface area contributed by atoms with E-state index in [2.05, 4.69) is 10.6 Å². The topological polar surface area (TPSA) is 134 Å². The summed E-state index contributed by atoms with van der Waals surface area (Å²) in [7, 11) is 1.30. The number of amides is 3. The number of carbonyl (C=O) groups excluding carboxylic acids is 3. The Balaban J connectivity index is 2.02. The summed E-state index contributed by atoms with van der Waals surface area (Å²) in [5, 5.41) is 16.0. The molecule has 10 heteroatoms. The van der Waals surface area contributed by atoms with Gasteiger partial charge in [0.05, 0.1) is 24.7 Å². The van der Waals surface area contributed by atoms with Crippen molar-refractivity contribution >= 4 is 35.2 Å². The zero-order valence-electron chi connectivity index (χ0n) is 21.3. The number of nitrogens with one attached hydrogen (secondary N) is 2. The first-order chi connectivity index (χ1) is 16.3.